The molecule has 2 aliphatic rings. The number of ether oxygens (including phenoxy) is 1. The van der Waals surface area contributed by atoms with E-state index in [0.29, 0.717) is 0 Å². The van der Waals surface area contributed by atoms with Crippen LogP contribution in [0.4, 0.5) is 0 Å². The lowest BCUT2D eigenvalue weighted by Gasteiger charge is -2.35. The summed E-state index contributed by atoms with van der Waals surface area (Å²) in [6, 6.07) is 16.9. The predicted molar refractivity (Wildman–Crippen MR) is 99.6 cm³/mol. The number of benzene rings is 2. The molecule has 126 valence electrons. The molecular weight excluding hydrogens is 294 g/mol. The highest BCUT2D eigenvalue weighted by Gasteiger charge is 2.30. The van der Waals surface area contributed by atoms with E-state index in [2.05, 4.69) is 48.2 Å². The number of likely N-dealkylation sites (tertiary alicyclic amines) is 1. The van der Waals surface area contributed by atoms with Crippen LogP contribution in [0, 0.1) is 0 Å². The number of hydrogen-bond acceptors (Lipinski definition) is 2. The molecule has 0 amide bonds. The summed E-state index contributed by atoms with van der Waals surface area (Å²) < 4.78 is 5.36. The SMILES string of the molecule is COc1cccc(-c2ccc3c(c2)CCC(N2CCCC2C)C3)c1. The maximum atomic E-state index is 5.36. The standard InChI is InChI=1S/C22H27NO/c1-16-5-4-12-23(16)21-11-10-19-13-18(8-9-20(19)14-21)17-6-3-7-22(15-17)24-2/h3,6-9,13,15-16,21H,4-5,10-12,14H2,1-2H3. The molecule has 0 spiro atoms. The summed E-state index contributed by atoms with van der Waals surface area (Å²) in [7, 11) is 1.73. The monoisotopic (exact) mass is 321 g/mol. The van der Waals surface area contributed by atoms with Gasteiger partial charge < -0.3 is 4.74 Å². The molecule has 0 N–H and O–H groups in total. The van der Waals surface area contributed by atoms with Gasteiger partial charge >= 0.3 is 0 Å². The predicted octanol–water partition coefficient (Wildman–Crippen LogP) is 4.70. The van der Waals surface area contributed by atoms with E-state index in [0.717, 1.165) is 17.8 Å². The first-order chi connectivity index (χ1) is 11.7. The van der Waals surface area contributed by atoms with Gasteiger partial charge in [-0.2, -0.15) is 0 Å². The Bertz CT molecular complexity index is 724. The minimum absolute atomic E-state index is 0.748. The van der Waals surface area contributed by atoms with E-state index < -0.39 is 0 Å². The van der Waals surface area contributed by atoms with Crippen molar-refractivity contribution in [2.24, 2.45) is 0 Å². The average molecular weight is 321 g/mol. The van der Waals surface area contributed by atoms with Crippen LogP contribution in [-0.2, 0) is 12.8 Å². The van der Waals surface area contributed by atoms with Crippen molar-refractivity contribution in [3.63, 3.8) is 0 Å². The zero-order valence-corrected chi connectivity index (χ0v) is 14.8. The van der Waals surface area contributed by atoms with E-state index in [-0.39, 0.29) is 0 Å². The summed E-state index contributed by atoms with van der Waals surface area (Å²) in [4.78, 5) is 2.75. The molecule has 0 saturated carbocycles. The molecule has 24 heavy (non-hydrogen) atoms. The fraction of sp³-hybridized carbons (Fsp3) is 0.455. The van der Waals surface area contributed by atoms with Gasteiger partial charge in [-0.3, -0.25) is 4.90 Å². The van der Waals surface area contributed by atoms with Gasteiger partial charge in [0, 0.05) is 12.1 Å². The third-order valence-electron chi connectivity index (χ3n) is 5.89. The van der Waals surface area contributed by atoms with Crippen LogP contribution in [0.15, 0.2) is 42.5 Å². The first-order valence-electron chi connectivity index (χ1n) is 9.26. The second kappa shape index (κ2) is 6.60. The van der Waals surface area contributed by atoms with Crippen molar-refractivity contribution in [2.45, 2.75) is 51.1 Å². The number of aryl methyl sites for hydroxylation is 1. The Morgan fingerprint density at radius 1 is 1.00 bits per heavy atom. The zero-order valence-electron chi connectivity index (χ0n) is 14.8. The summed E-state index contributed by atoms with van der Waals surface area (Å²) in [6.07, 6.45) is 6.48. The Hall–Kier alpha value is -1.80. The maximum Gasteiger partial charge on any atom is 0.119 e. The lowest BCUT2D eigenvalue weighted by Crippen LogP contribution is -2.41. The Morgan fingerprint density at radius 3 is 2.67 bits per heavy atom. The number of hydrogen-bond donors (Lipinski definition) is 0. The first kappa shape index (κ1) is 15.7. The molecule has 1 saturated heterocycles. The van der Waals surface area contributed by atoms with Gasteiger partial charge in [0.15, 0.2) is 0 Å². The van der Waals surface area contributed by atoms with Gasteiger partial charge in [0.2, 0.25) is 0 Å². The molecule has 2 unspecified atom stereocenters. The highest BCUT2D eigenvalue weighted by Crippen LogP contribution is 2.32. The Balaban J connectivity index is 1.56. The lowest BCUT2D eigenvalue weighted by atomic mass is 9.85. The van der Waals surface area contributed by atoms with Gasteiger partial charge in [-0.1, -0.05) is 30.3 Å². The van der Waals surface area contributed by atoms with Crippen molar-refractivity contribution in [1.29, 1.82) is 0 Å². The molecule has 4 rings (SSSR count). The Morgan fingerprint density at radius 2 is 1.88 bits per heavy atom. The molecule has 0 bridgehead atoms. The maximum absolute atomic E-state index is 5.36. The van der Waals surface area contributed by atoms with Gasteiger partial charge in [0.25, 0.3) is 0 Å². The molecule has 1 aliphatic heterocycles. The molecule has 2 aromatic carbocycles. The average Bonchev–Trinajstić information content (AvgIpc) is 3.07. The summed E-state index contributed by atoms with van der Waals surface area (Å²) in [5.74, 6) is 0.924. The van der Waals surface area contributed by atoms with Gasteiger partial charge in [0.05, 0.1) is 7.11 Å². The summed E-state index contributed by atoms with van der Waals surface area (Å²) in [5.41, 5.74) is 5.64. The van der Waals surface area contributed by atoms with Crippen LogP contribution in [0.3, 0.4) is 0 Å². The first-order valence-corrected chi connectivity index (χ1v) is 9.26. The van der Waals surface area contributed by atoms with Crippen LogP contribution in [-0.4, -0.2) is 30.6 Å². The van der Waals surface area contributed by atoms with Gasteiger partial charge in [-0.15, -0.1) is 0 Å². The van der Waals surface area contributed by atoms with E-state index in [1.165, 1.54) is 49.8 Å². The number of methoxy groups -OCH3 is 1. The minimum Gasteiger partial charge on any atom is -0.497 e. The second-order valence-corrected chi connectivity index (χ2v) is 7.34. The van der Waals surface area contributed by atoms with Crippen molar-refractivity contribution in [3.8, 4) is 16.9 Å². The molecule has 0 aromatic heterocycles. The summed E-state index contributed by atoms with van der Waals surface area (Å²) >= 11 is 0. The van der Waals surface area contributed by atoms with Crippen molar-refractivity contribution in [1.82, 2.24) is 4.90 Å². The highest BCUT2D eigenvalue weighted by molar-refractivity contribution is 5.66. The molecule has 1 fully saturated rings. The molecule has 2 heteroatoms. The lowest BCUT2D eigenvalue weighted by molar-refractivity contribution is 0.174. The fourth-order valence-corrected chi connectivity index (χ4v) is 4.50. The van der Waals surface area contributed by atoms with Crippen LogP contribution in [0.5, 0.6) is 5.75 Å². The van der Waals surface area contributed by atoms with E-state index in [1.807, 2.05) is 6.07 Å². The van der Waals surface area contributed by atoms with Crippen molar-refractivity contribution >= 4 is 0 Å². The summed E-state index contributed by atoms with van der Waals surface area (Å²) in [6.45, 7) is 3.69. The molecule has 1 aliphatic carbocycles. The minimum atomic E-state index is 0.748. The van der Waals surface area contributed by atoms with Crippen molar-refractivity contribution in [3.05, 3.63) is 53.6 Å². The Kier molecular flexibility index (Phi) is 4.32. The van der Waals surface area contributed by atoms with E-state index in [1.54, 1.807) is 18.2 Å². The topological polar surface area (TPSA) is 12.5 Å². The van der Waals surface area contributed by atoms with E-state index in [4.69, 9.17) is 4.74 Å². The van der Waals surface area contributed by atoms with Gasteiger partial charge in [0.1, 0.15) is 5.75 Å². The summed E-state index contributed by atoms with van der Waals surface area (Å²) in [5, 5.41) is 0. The van der Waals surface area contributed by atoms with Gasteiger partial charge in [-0.25, -0.2) is 0 Å². The fourth-order valence-electron chi connectivity index (χ4n) is 4.50. The molecule has 2 atom stereocenters. The quantitative estimate of drug-likeness (QED) is 0.812. The van der Waals surface area contributed by atoms with Crippen molar-refractivity contribution < 1.29 is 4.74 Å². The van der Waals surface area contributed by atoms with E-state index in [9.17, 15) is 0 Å². The Labute approximate surface area is 145 Å². The zero-order chi connectivity index (χ0) is 16.5. The largest absolute Gasteiger partial charge is 0.497 e. The van der Waals surface area contributed by atoms with Crippen LogP contribution in [0.2, 0.25) is 0 Å². The third-order valence-corrected chi connectivity index (χ3v) is 5.89. The van der Waals surface area contributed by atoms with Crippen molar-refractivity contribution in [2.75, 3.05) is 13.7 Å². The second-order valence-electron chi connectivity index (χ2n) is 7.34. The number of fused-ring (bicyclic) bond motifs is 1. The molecular formula is C22H27NO. The molecule has 2 nitrogen and oxygen atoms in total. The normalized spacial score (nSPS) is 23.9. The molecule has 2 aromatic rings. The van der Waals surface area contributed by atoms with Gasteiger partial charge in [-0.05, 0) is 80.0 Å². The van der Waals surface area contributed by atoms with Crippen LogP contribution in [0.1, 0.15) is 37.3 Å². The highest BCUT2D eigenvalue weighted by atomic mass is 16.5. The smallest absolute Gasteiger partial charge is 0.119 e. The molecule has 1 heterocycles. The number of rotatable bonds is 3. The third kappa shape index (κ3) is 2.95. The molecule has 0 radical (unpaired) electrons. The van der Waals surface area contributed by atoms with Crippen LogP contribution in [0.25, 0.3) is 11.1 Å². The van der Waals surface area contributed by atoms with Crippen LogP contribution >= 0.6 is 0 Å². The number of nitrogens with zero attached hydrogens (tertiary/aromatic N) is 1. The van der Waals surface area contributed by atoms with Crippen LogP contribution < -0.4 is 4.74 Å². The van der Waals surface area contributed by atoms with E-state index >= 15 is 0 Å².